The molecule has 0 atom stereocenters. The van der Waals surface area contributed by atoms with Crippen LogP contribution in [0.3, 0.4) is 0 Å². The monoisotopic (exact) mass is 429 g/mol. The van der Waals surface area contributed by atoms with Gasteiger partial charge in [-0.2, -0.15) is 0 Å². The van der Waals surface area contributed by atoms with Gasteiger partial charge >= 0.3 is 0 Å². The average molecular weight is 430 g/mol. The molecule has 3 aromatic rings. The number of hydrogen-bond donors (Lipinski definition) is 1. The fraction of sp³-hybridized carbons (Fsp3) is 0.231. The van der Waals surface area contributed by atoms with E-state index in [0.717, 1.165) is 29.1 Å². The number of rotatable bonds is 4. The summed E-state index contributed by atoms with van der Waals surface area (Å²) in [5.41, 5.74) is 9.17. The van der Waals surface area contributed by atoms with Crippen LogP contribution in [0.25, 0.3) is 11.8 Å². The molecule has 1 aliphatic rings. The van der Waals surface area contributed by atoms with E-state index >= 15 is 0 Å². The van der Waals surface area contributed by atoms with Gasteiger partial charge in [-0.1, -0.05) is 42.8 Å². The molecule has 31 heavy (non-hydrogen) atoms. The smallest absolute Gasteiger partial charge is 0.264 e. The van der Waals surface area contributed by atoms with Gasteiger partial charge in [0, 0.05) is 11.4 Å². The number of nitrogens with one attached hydrogen (secondary N) is 1. The summed E-state index contributed by atoms with van der Waals surface area (Å²) in [5.74, 6) is -0.106. The van der Waals surface area contributed by atoms with Gasteiger partial charge in [0.1, 0.15) is 0 Å². The summed E-state index contributed by atoms with van der Waals surface area (Å²) >= 11 is 1.38. The molecule has 1 aliphatic heterocycles. The third-order valence-corrected chi connectivity index (χ3v) is 6.51. The molecule has 0 saturated carbocycles. The third-order valence-electron chi connectivity index (χ3n) is 5.60. The number of nitrogens with zero attached hydrogens (tertiary/aromatic N) is 2. The molecule has 1 saturated heterocycles. The largest absolute Gasteiger partial charge is 0.317 e. The lowest BCUT2D eigenvalue weighted by atomic mass is 10.1. The van der Waals surface area contributed by atoms with Crippen LogP contribution in [-0.2, 0) is 11.2 Å². The molecular formula is C26H27N3OS. The predicted molar refractivity (Wildman–Crippen MR) is 131 cm³/mol. The predicted octanol–water partition coefficient (Wildman–Crippen LogP) is 6.16. The number of aliphatic imine (C=N–C) groups is 1. The van der Waals surface area contributed by atoms with Gasteiger partial charge in [-0.15, -0.1) is 0 Å². The minimum absolute atomic E-state index is 0.106. The van der Waals surface area contributed by atoms with E-state index in [0.29, 0.717) is 10.1 Å². The molecule has 1 N–H and O–H groups in total. The lowest BCUT2D eigenvalue weighted by Gasteiger charge is -2.17. The number of carbonyl (C=O) groups is 1. The van der Waals surface area contributed by atoms with E-state index in [2.05, 4.69) is 66.8 Å². The van der Waals surface area contributed by atoms with Crippen molar-refractivity contribution in [2.24, 2.45) is 4.99 Å². The first-order valence-electron chi connectivity index (χ1n) is 10.5. The Bertz CT molecular complexity index is 1220. The molecule has 0 bridgehead atoms. The van der Waals surface area contributed by atoms with E-state index in [1.807, 2.05) is 37.3 Å². The van der Waals surface area contributed by atoms with Gasteiger partial charge in [-0.3, -0.25) is 4.79 Å². The molecule has 1 aromatic heterocycles. The van der Waals surface area contributed by atoms with Gasteiger partial charge in [-0.05, 0) is 86.8 Å². The second-order valence-corrected chi connectivity index (χ2v) is 8.95. The Kier molecular flexibility index (Phi) is 5.88. The van der Waals surface area contributed by atoms with Crippen LogP contribution in [0.2, 0.25) is 0 Å². The van der Waals surface area contributed by atoms with Crippen molar-refractivity contribution in [1.29, 1.82) is 0 Å². The normalized spacial score (nSPS) is 16.4. The Balaban J connectivity index is 1.68. The van der Waals surface area contributed by atoms with Crippen LogP contribution in [0.15, 0.2) is 58.4 Å². The number of benzene rings is 2. The van der Waals surface area contributed by atoms with E-state index in [9.17, 15) is 4.79 Å². The number of carbonyl (C=O) groups excluding carboxylic acids is 1. The van der Waals surface area contributed by atoms with Crippen molar-refractivity contribution < 1.29 is 4.79 Å². The van der Waals surface area contributed by atoms with Gasteiger partial charge < -0.3 is 9.88 Å². The first kappa shape index (κ1) is 21.2. The van der Waals surface area contributed by atoms with Crippen molar-refractivity contribution in [3.8, 4) is 5.69 Å². The van der Waals surface area contributed by atoms with Crippen LogP contribution in [0, 0.1) is 27.7 Å². The maximum atomic E-state index is 12.6. The molecule has 0 unspecified atom stereocenters. The Labute approximate surface area is 188 Å². The molecule has 158 valence electrons. The van der Waals surface area contributed by atoms with E-state index in [1.54, 1.807) is 0 Å². The van der Waals surface area contributed by atoms with Gasteiger partial charge in [0.05, 0.1) is 16.3 Å². The van der Waals surface area contributed by atoms with Crippen LogP contribution in [0.1, 0.15) is 40.6 Å². The fourth-order valence-corrected chi connectivity index (χ4v) is 4.79. The second kappa shape index (κ2) is 8.60. The number of aryl methyl sites for hydroxylation is 4. The van der Waals surface area contributed by atoms with Crippen molar-refractivity contribution in [2.45, 2.75) is 41.0 Å². The molecule has 4 rings (SSSR count). The van der Waals surface area contributed by atoms with Gasteiger partial charge in [0.15, 0.2) is 5.17 Å². The van der Waals surface area contributed by atoms with Crippen LogP contribution >= 0.6 is 11.8 Å². The number of amides is 1. The first-order chi connectivity index (χ1) is 14.9. The molecule has 2 heterocycles. The van der Waals surface area contributed by atoms with E-state index < -0.39 is 0 Å². The highest BCUT2D eigenvalue weighted by Gasteiger charge is 2.25. The minimum Gasteiger partial charge on any atom is -0.317 e. The van der Waals surface area contributed by atoms with Crippen LogP contribution in [0.5, 0.6) is 0 Å². The minimum atomic E-state index is -0.106. The van der Waals surface area contributed by atoms with Crippen molar-refractivity contribution >= 4 is 34.6 Å². The van der Waals surface area contributed by atoms with Crippen LogP contribution in [0.4, 0.5) is 5.69 Å². The number of thioether (sulfide) groups is 1. The Morgan fingerprint density at radius 3 is 2.52 bits per heavy atom. The quantitative estimate of drug-likeness (QED) is 0.505. The summed E-state index contributed by atoms with van der Waals surface area (Å²) in [6.07, 6.45) is 2.95. The van der Waals surface area contributed by atoms with E-state index in [4.69, 9.17) is 0 Å². The van der Waals surface area contributed by atoms with Crippen LogP contribution in [-0.4, -0.2) is 15.6 Å². The highest BCUT2D eigenvalue weighted by atomic mass is 32.2. The van der Waals surface area contributed by atoms with Gasteiger partial charge in [-0.25, -0.2) is 4.99 Å². The zero-order valence-corrected chi connectivity index (χ0v) is 19.4. The topological polar surface area (TPSA) is 46.4 Å². The molecule has 5 heteroatoms. The summed E-state index contributed by atoms with van der Waals surface area (Å²) in [7, 11) is 0. The summed E-state index contributed by atoms with van der Waals surface area (Å²) in [5, 5.41) is 3.50. The molecule has 1 amide bonds. The summed E-state index contributed by atoms with van der Waals surface area (Å²) in [4.78, 5) is 17.8. The average Bonchev–Trinajstić information content (AvgIpc) is 3.22. The van der Waals surface area contributed by atoms with E-state index in [1.165, 1.54) is 34.1 Å². The molecule has 0 spiro atoms. The maximum Gasteiger partial charge on any atom is 0.264 e. The highest BCUT2D eigenvalue weighted by Crippen LogP contribution is 2.32. The number of amidine groups is 1. The van der Waals surface area contributed by atoms with Crippen molar-refractivity contribution in [2.75, 3.05) is 0 Å². The van der Waals surface area contributed by atoms with E-state index in [-0.39, 0.29) is 5.91 Å². The highest BCUT2D eigenvalue weighted by molar-refractivity contribution is 8.18. The Morgan fingerprint density at radius 2 is 1.81 bits per heavy atom. The van der Waals surface area contributed by atoms with Crippen molar-refractivity contribution in [3.63, 3.8) is 0 Å². The third kappa shape index (κ3) is 4.23. The summed E-state index contributed by atoms with van der Waals surface area (Å²) in [6, 6.07) is 16.5. The lowest BCUT2D eigenvalue weighted by Crippen LogP contribution is -2.19. The Morgan fingerprint density at radius 1 is 1.06 bits per heavy atom. The standard InChI is InChI=1S/C26H27N3OS/c1-6-20-9-7-8-17(3)24(20)29-18(4)14-21(19(29)5)15-23-25(30)28-26(31-23)27-22-12-10-16(2)11-13-22/h7-15H,6H2,1-5H3,(H,27,28,30)/b23-15-. The Hall–Kier alpha value is -3.05. The number of hydrogen-bond acceptors (Lipinski definition) is 3. The maximum absolute atomic E-state index is 12.6. The zero-order valence-electron chi connectivity index (χ0n) is 18.6. The van der Waals surface area contributed by atoms with Gasteiger partial charge in [0.25, 0.3) is 5.91 Å². The molecule has 0 aliphatic carbocycles. The molecular weight excluding hydrogens is 402 g/mol. The molecule has 1 fully saturated rings. The first-order valence-corrected chi connectivity index (χ1v) is 11.3. The number of aromatic nitrogens is 1. The van der Waals surface area contributed by atoms with Crippen molar-refractivity contribution in [1.82, 2.24) is 9.88 Å². The summed E-state index contributed by atoms with van der Waals surface area (Å²) < 4.78 is 2.30. The molecule has 2 aromatic carbocycles. The van der Waals surface area contributed by atoms with Gasteiger partial charge in [0.2, 0.25) is 0 Å². The number of para-hydroxylation sites is 1. The zero-order chi connectivity index (χ0) is 22.1. The fourth-order valence-electron chi connectivity index (χ4n) is 3.96. The SMILES string of the molecule is CCc1cccc(C)c1-n1c(C)cc(/C=C2\SC(=Nc3ccc(C)cc3)NC2=O)c1C. The lowest BCUT2D eigenvalue weighted by molar-refractivity contribution is -0.115. The molecule has 0 radical (unpaired) electrons. The second-order valence-electron chi connectivity index (χ2n) is 7.92. The van der Waals surface area contributed by atoms with Crippen LogP contribution < -0.4 is 5.32 Å². The summed E-state index contributed by atoms with van der Waals surface area (Å²) in [6.45, 7) is 10.6. The van der Waals surface area contributed by atoms with Crippen molar-refractivity contribution in [3.05, 3.63) is 87.1 Å². The molecule has 4 nitrogen and oxygen atoms in total.